The molecule has 2 N–H and O–H groups in total. The topological polar surface area (TPSA) is 58.0 Å². The molecule has 1 saturated carbocycles. The van der Waals surface area contributed by atoms with Crippen LogP contribution in [-0.4, -0.2) is 40.7 Å². The van der Waals surface area contributed by atoms with E-state index >= 15 is 0 Å². The summed E-state index contributed by atoms with van der Waals surface area (Å²) < 4.78 is 2.41. The average Bonchev–Trinajstić information content (AvgIpc) is 3.25. The summed E-state index contributed by atoms with van der Waals surface area (Å²) in [5, 5.41) is 11.3. The normalized spacial score (nSPS) is 18.0. The van der Waals surface area contributed by atoms with Crippen molar-refractivity contribution in [2.45, 2.75) is 57.8 Å². The first-order valence-electron chi connectivity index (χ1n) is 13.5. The van der Waals surface area contributed by atoms with Gasteiger partial charge in [-0.25, -0.2) is 4.98 Å². The van der Waals surface area contributed by atoms with Crippen LogP contribution < -0.4 is 15.5 Å². The summed E-state index contributed by atoms with van der Waals surface area (Å²) >= 11 is 0. The second-order valence-electron chi connectivity index (χ2n) is 10.5. The van der Waals surface area contributed by atoms with E-state index in [-0.39, 0.29) is 0 Å². The molecular weight excluding hydrogens is 456 g/mol. The van der Waals surface area contributed by atoms with Crippen LogP contribution in [0.1, 0.15) is 38.2 Å². The van der Waals surface area contributed by atoms with E-state index in [4.69, 9.17) is 9.97 Å². The van der Waals surface area contributed by atoms with Crippen molar-refractivity contribution in [1.82, 2.24) is 19.9 Å². The predicted molar refractivity (Wildman–Crippen MR) is 155 cm³/mol. The quantitative estimate of drug-likeness (QED) is 0.278. The highest BCUT2D eigenvalue weighted by Crippen LogP contribution is 2.30. The van der Waals surface area contributed by atoms with Gasteiger partial charge < -0.3 is 20.1 Å². The summed E-state index contributed by atoms with van der Waals surface area (Å²) in [5.74, 6) is 1.70. The van der Waals surface area contributed by atoms with Gasteiger partial charge in [-0.15, -0.1) is 0 Å². The molecule has 0 aliphatic heterocycles. The van der Waals surface area contributed by atoms with Crippen LogP contribution in [0.2, 0.25) is 0 Å². The standard InChI is InChI=1S/C31H36N6/c1-4-37-28-12-8-6-9-24(28)26-19-21(13-18-29(26)37)20-32-22-14-16-23(17-15-22)33-31-34-27-11-7-5-10-25(27)30(35-31)36(2)3/h5-13,18-19,22-23,32H,4,14-17,20H2,1-3H3,(H,33,34,35). The molecule has 6 nitrogen and oxygen atoms in total. The van der Waals surface area contributed by atoms with E-state index in [2.05, 4.69) is 81.6 Å². The minimum atomic E-state index is 0.408. The SMILES string of the molecule is CCn1c2ccccc2c2cc(CNC3CCC(Nc4nc(N(C)C)c5ccccc5n4)CC3)ccc21. The van der Waals surface area contributed by atoms with Crippen molar-refractivity contribution >= 4 is 44.5 Å². The van der Waals surface area contributed by atoms with Gasteiger partial charge in [0.05, 0.1) is 5.52 Å². The summed E-state index contributed by atoms with van der Waals surface area (Å²) in [6.45, 7) is 4.11. The Hall–Kier alpha value is -3.64. The molecule has 2 aromatic heterocycles. The fourth-order valence-electron chi connectivity index (χ4n) is 5.90. The zero-order valence-corrected chi connectivity index (χ0v) is 22.0. The predicted octanol–water partition coefficient (Wildman–Crippen LogP) is 6.34. The van der Waals surface area contributed by atoms with Crippen molar-refractivity contribution in [3.8, 4) is 0 Å². The number of nitrogens with zero attached hydrogens (tertiary/aromatic N) is 4. The highest BCUT2D eigenvalue weighted by atomic mass is 15.2. The van der Waals surface area contributed by atoms with Crippen LogP contribution in [-0.2, 0) is 13.1 Å². The van der Waals surface area contributed by atoms with Crippen LogP contribution in [0.4, 0.5) is 11.8 Å². The molecule has 2 heterocycles. The minimum Gasteiger partial charge on any atom is -0.362 e. The summed E-state index contributed by atoms with van der Waals surface area (Å²) in [7, 11) is 4.07. The Labute approximate surface area is 218 Å². The molecular formula is C31H36N6. The second kappa shape index (κ2) is 10.0. The number of fused-ring (bicyclic) bond motifs is 4. The van der Waals surface area contributed by atoms with E-state index in [1.807, 2.05) is 26.2 Å². The molecule has 0 amide bonds. The molecule has 0 saturated heterocycles. The highest BCUT2D eigenvalue weighted by molar-refractivity contribution is 6.08. The number of benzene rings is 3. The fraction of sp³-hybridized carbons (Fsp3) is 0.355. The Morgan fingerprint density at radius 1 is 0.811 bits per heavy atom. The molecule has 0 bridgehead atoms. The van der Waals surface area contributed by atoms with Crippen molar-refractivity contribution in [1.29, 1.82) is 0 Å². The molecule has 1 fully saturated rings. The van der Waals surface area contributed by atoms with Crippen LogP contribution >= 0.6 is 0 Å². The number of hydrogen-bond acceptors (Lipinski definition) is 5. The number of nitrogens with one attached hydrogen (secondary N) is 2. The molecule has 5 aromatic rings. The first-order valence-corrected chi connectivity index (χ1v) is 13.5. The summed E-state index contributed by atoms with van der Waals surface area (Å²) in [5.41, 5.74) is 4.99. The first-order chi connectivity index (χ1) is 18.1. The number of aryl methyl sites for hydroxylation is 1. The molecule has 0 spiro atoms. The largest absolute Gasteiger partial charge is 0.362 e. The van der Waals surface area contributed by atoms with Gasteiger partial charge >= 0.3 is 0 Å². The molecule has 190 valence electrons. The maximum absolute atomic E-state index is 4.83. The van der Waals surface area contributed by atoms with E-state index in [0.717, 1.165) is 61.4 Å². The molecule has 0 radical (unpaired) electrons. The summed E-state index contributed by atoms with van der Waals surface area (Å²) in [6.07, 6.45) is 4.55. The monoisotopic (exact) mass is 492 g/mol. The molecule has 37 heavy (non-hydrogen) atoms. The second-order valence-corrected chi connectivity index (χ2v) is 10.5. The molecule has 0 unspecified atom stereocenters. The maximum atomic E-state index is 4.83. The van der Waals surface area contributed by atoms with E-state index in [0.29, 0.717) is 12.1 Å². The molecule has 0 atom stereocenters. The van der Waals surface area contributed by atoms with Gasteiger partial charge in [-0.05, 0) is 68.5 Å². The van der Waals surface area contributed by atoms with Crippen LogP contribution in [0.5, 0.6) is 0 Å². The molecule has 3 aromatic carbocycles. The van der Waals surface area contributed by atoms with Crippen LogP contribution in [0.15, 0.2) is 66.7 Å². The smallest absolute Gasteiger partial charge is 0.225 e. The van der Waals surface area contributed by atoms with E-state index in [1.165, 1.54) is 27.4 Å². The summed E-state index contributed by atoms with van der Waals surface area (Å²) in [6, 6.07) is 24.9. The van der Waals surface area contributed by atoms with E-state index in [1.54, 1.807) is 0 Å². The lowest BCUT2D eigenvalue weighted by Gasteiger charge is -2.30. The lowest BCUT2D eigenvalue weighted by Crippen LogP contribution is -2.37. The minimum absolute atomic E-state index is 0.408. The molecule has 1 aliphatic rings. The third-order valence-electron chi connectivity index (χ3n) is 7.81. The Bertz CT molecular complexity index is 1540. The Morgan fingerprint density at radius 2 is 1.51 bits per heavy atom. The first kappa shape index (κ1) is 23.7. The van der Waals surface area contributed by atoms with Crippen molar-refractivity contribution in [2.75, 3.05) is 24.3 Å². The fourth-order valence-corrected chi connectivity index (χ4v) is 5.90. The highest BCUT2D eigenvalue weighted by Gasteiger charge is 2.22. The van der Waals surface area contributed by atoms with Gasteiger partial charge in [0.15, 0.2) is 0 Å². The Balaban J connectivity index is 1.09. The lowest BCUT2D eigenvalue weighted by atomic mass is 9.91. The third kappa shape index (κ3) is 4.62. The third-order valence-corrected chi connectivity index (χ3v) is 7.81. The van der Waals surface area contributed by atoms with Crippen LogP contribution in [0.3, 0.4) is 0 Å². The molecule has 6 heteroatoms. The zero-order valence-electron chi connectivity index (χ0n) is 22.0. The lowest BCUT2D eigenvalue weighted by molar-refractivity contribution is 0.352. The number of rotatable bonds is 7. The molecule has 6 rings (SSSR count). The van der Waals surface area contributed by atoms with Crippen LogP contribution in [0.25, 0.3) is 32.7 Å². The van der Waals surface area contributed by atoms with Gasteiger partial charge in [0.2, 0.25) is 5.95 Å². The van der Waals surface area contributed by atoms with Gasteiger partial charge in [-0.3, -0.25) is 0 Å². The average molecular weight is 493 g/mol. The van der Waals surface area contributed by atoms with Crippen molar-refractivity contribution in [3.63, 3.8) is 0 Å². The number of hydrogen-bond donors (Lipinski definition) is 2. The zero-order chi connectivity index (χ0) is 25.4. The molecule has 1 aliphatic carbocycles. The van der Waals surface area contributed by atoms with Gasteiger partial charge in [-0.2, -0.15) is 4.98 Å². The number of anilines is 2. The van der Waals surface area contributed by atoms with Crippen LogP contribution in [0, 0.1) is 0 Å². The van der Waals surface area contributed by atoms with E-state index in [9.17, 15) is 0 Å². The number of para-hydroxylation sites is 2. The Kier molecular flexibility index (Phi) is 6.43. The van der Waals surface area contributed by atoms with Crippen molar-refractivity contribution < 1.29 is 0 Å². The van der Waals surface area contributed by atoms with Gasteiger partial charge in [0.25, 0.3) is 0 Å². The van der Waals surface area contributed by atoms with Gasteiger partial charge in [0, 0.05) is 66.5 Å². The summed E-state index contributed by atoms with van der Waals surface area (Å²) in [4.78, 5) is 11.7. The van der Waals surface area contributed by atoms with Crippen molar-refractivity contribution in [2.24, 2.45) is 0 Å². The van der Waals surface area contributed by atoms with Gasteiger partial charge in [0.1, 0.15) is 5.82 Å². The maximum Gasteiger partial charge on any atom is 0.225 e. The van der Waals surface area contributed by atoms with Crippen molar-refractivity contribution in [3.05, 3.63) is 72.3 Å². The van der Waals surface area contributed by atoms with Gasteiger partial charge in [-0.1, -0.05) is 36.4 Å². The van der Waals surface area contributed by atoms with E-state index < -0.39 is 0 Å². The Morgan fingerprint density at radius 3 is 2.30 bits per heavy atom. The number of aromatic nitrogens is 3.